The highest BCUT2D eigenvalue weighted by Crippen LogP contribution is 2.33. The van der Waals surface area contributed by atoms with Crippen LogP contribution in [0, 0.1) is 10.1 Å². The molecule has 0 spiro atoms. The number of carboxylic acid groups (broad SMARTS) is 1. The van der Waals surface area contributed by atoms with Crippen molar-refractivity contribution in [3.05, 3.63) is 75.0 Å². The molecule has 0 radical (unpaired) electrons. The Labute approximate surface area is 167 Å². The summed E-state index contributed by atoms with van der Waals surface area (Å²) in [5.74, 6) is -1.91. The fourth-order valence-corrected chi connectivity index (χ4v) is 2.42. The molecule has 11 heteroatoms. The van der Waals surface area contributed by atoms with Crippen LogP contribution in [0.1, 0.15) is 23.6 Å². The minimum absolute atomic E-state index is 0.105. The van der Waals surface area contributed by atoms with Gasteiger partial charge in [-0.3, -0.25) is 14.9 Å². The van der Waals surface area contributed by atoms with Crippen LogP contribution in [0.4, 0.5) is 18.9 Å². The van der Waals surface area contributed by atoms with Crippen molar-refractivity contribution in [1.29, 1.82) is 0 Å². The van der Waals surface area contributed by atoms with Crippen LogP contribution < -0.4 is 10.1 Å². The van der Waals surface area contributed by atoms with Gasteiger partial charge in [-0.15, -0.1) is 0 Å². The lowest BCUT2D eigenvalue weighted by Crippen LogP contribution is -2.24. The fourth-order valence-electron chi connectivity index (χ4n) is 2.42. The van der Waals surface area contributed by atoms with Gasteiger partial charge in [-0.1, -0.05) is 18.2 Å². The van der Waals surface area contributed by atoms with E-state index < -0.39 is 46.5 Å². The number of nitrogens with one attached hydrogen (secondary N) is 1. The molecule has 0 aliphatic carbocycles. The van der Waals surface area contributed by atoms with E-state index in [0.717, 1.165) is 19.1 Å². The number of halogens is 3. The van der Waals surface area contributed by atoms with Gasteiger partial charge in [-0.05, 0) is 24.3 Å². The lowest BCUT2D eigenvalue weighted by Gasteiger charge is -2.12. The highest BCUT2D eigenvalue weighted by Gasteiger charge is 2.33. The Kier molecular flexibility index (Phi) is 6.77. The van der Waals surface area contributed by atoms with Gasteiger partial charge in [-0.25, -0.2) is 4.79 Å². The van der Waals surface area contributed by atoms with Crippen molar-refractivity contribution in [3.8, 4) is 5.75 Å². The zero-order chi connectivity index (χ0) is 22.5. The highest BCUT2D eigenvalue weighted by atomic mass is 19.4. The molecule has 0 aliphatic heterocycles. The van der Waals surface area contributed by atoms with Gasteiger partial charge in [0.05, 0.1) is 16.1 Å². The Bertz CT molecular complexity index is 1020. The summed E-state index contributed by atoms with van der Waals surface area (Å²) >= 11 is 0. The Hall–Kier alpha value is -3.89. The number of rotatable bonds is 7. The lowest BCUT2D eigenvalue weighted by molar-refractivity contribution is -0.386. The number of carbonyl (C=O) groups is 2. The third kappa shape index (κ3) is 5.80. The molecule has 0 fully saturated rings. The maximum absolute atomic E-state index is 12.8. The van der Waals surface area contributed by atoms with Gasteiger partial charge in [0.1, 0.15) is 18.1 Å². The topological polar surface area (TPSA) is 119 Å². The number of amides is 1. The highest BCUT2D eigenvalue weighted by molar-refractivity contribution is 5.96. The van der Waals surface area contributed by atoms with Crippen molar-refractivity contribution in [2.24, 2.45) is 0 Å². The molecule has 0 saturated carbocycles. The maximum Gasteiger partial charge on any atom is 0.416 e. The summed E-state index contributed by atoms with van der Waals surface area (Å²) in [5, 5.41) is 22.5. The summed E-state index contributed by atoms with van der Waals surface area (Å²) < 4.78 is 43.9. The second-order valence-corrected chi connectivity index (χ2v) is 5.97. The Morgan fingerprint density at radius 2 is 1.90 bits per heavy atom. The molecule has 0 atom stereocenters. The number of para-hydroxylation sites is 1. The third-order valence-electron chi connectivity index (χ3n) is 3.75. The number of nitro groups is 1. The molecule has 2 aromatic rings. The van der Waals surface area contributed by atoms with E-state index in [9.17, 15) is 38.0 Å². The lowest BCUT2D eigenvalue weighted by atomic mass is 10.1. The van der Waals surface area contributed by atoms with Crippen molar-refractivity contribution >= 4 is 23.6 Å². The van der Waals surface area contributed by atoms with Crippen molar-refractivity contribution in [1.82, 2.24) is 5.32 Å². The first-order valence-corrected chi connectivity index (χ1v) is 8.28. The van der Waals surface area contributed by atoms with Crippen LogP contribution in [0.5, 0.6) is 5.75 Å². The van der Waals surface area contributed by atoms with Gasteiger partial charge in [0.2, 0.25) is 5.91 Å². The molecule has 0 aromatic heterocycles. The molecule has 30 heavy (non-hydrogen) atoms. The van der Waals surface area contributed by atoms with E-state index >= 15 is 0 Å². The zero-order valence-electron chi connectivity index (χ0n) is 15.4. The molecule has 0 saturated heterocycles. The van der Waals surface area contributed by atoms with Gasteiger partial charge in [-0.2, -0.15) is 13.2 Å². The van der Waals surface area contributed by atoms with E-state index in [4.69, 9.17) is 4.74 Å². The molecular formula is C19H15F3N2O6. The van der Waals surface area contributed by atoms with Crippen molar-refractivity contribution < 1.29 is 37.5 Å². The van der Waals surface area contributed by atoms with Gasteiger partial charge < -0.3 is 15.2 Å². The number of benzene rings is 2. The van der Waals surface area contributed by atoms with Gasteiger partial charge in [0.15, 0.2) is 0 Å². The summed E-state index contributed by atoms with van der Waals surface area (Å²) in [5.41, 5.74) is -2.23. The normalized spacial score (nSPS) is 11.7. The molecule has 0 aliphatic rings. The number of nitrogens with zero attached hydrogens (tertiary/aromatic N) is 1. The first-order chi connectivity index (χ1) is 14.0. The van der Waals surface area contributed by atoms with Crippen LogP contribution in [-0.4, -0.2) is 21.9 Å². The predicted octanol–water partition coefficient (Wildman–Crippen LogP) is 3.75. The largest absolute Gasteiger partial charge is 0.488 e. The SMILES string of the molecule is CC(=O)N/C(=C/c1ccccc1OCc1ccc(C(F)(F)F)cc1[N+](=O)[O-])C(=O)O. The number of hydrogen-bond acceptors (Lipinski definition) is 5. The van der Waals surface area contributed by atoms with Crippen molar-refractivity contribution in [2.75, 3.05) is 0 Å². The van der Waals surface area contributed by atoms with Crippen LogP contribution >= 0.6 is 0 Å². The second kappa shape index (κ2) is 9.07. The van der Waals surface area contributed by atoms with E-state index in [1.165, 1.54) is 12.1 Å². The van der Waals surface area contributed by atoms with E-state index in [1.807, 2.05) is 0 Å². The Morgan fingerprint density at radius 1 is 1.23 bits per heavy atom. The van der Waals surface area contributed by atoms with Crippen LogP contribution in [0.3, 0.4) is 0 Å². The Balaban J connectivity index is 2.34. The van der Waals surface area contributed by atoms with Gasteiger partial charge in [0.25, 0.3) is 5.69 Å². The average Bonchev–Trinajstić information content (AvgIpc) is 2.65. The van der Waals surface area contributed by atoms with E-state index in [2.05, 4.69) is 5.32 Å². The first kappa shape index (κ1) is 22.4. The quantitative estimate of drug-likeness (QED) is 0.397. The summed E-state index contributed by atoms with van der Waals surface area (Å²) in [6.07, 6.45) is -3.61. The second-order valence-electron chi connectivity index (χ2n) is 5.97. The molecule has 1 amide bonds. The number of alkyl halides is 3. The Morgan fingerprint density at radius 3 is 2.47 bits per heavy atom. The molecule has 2 N–H and O–H groups in total. The van der Waals surface area contributed by atoms with Crippen LogP contribution in [0.2, 0.25) is 0 Å². The van der Waals surface area contributed by atoms with Gasteiger partial charge >= 0.3 is 12.1 Å². The number of carboxylic acids is 1. The number of nitro benzene ring substituents is 1. The van der Waals surface area contributed by atoms with E-state index in [-0.39, 0.29) is 16.9 Å². The number of carbonyl (C=O) groups excluding carboxylic acids is 1. The van der Waals surface area contributed by atoms with Crippen LogP contribution in [0.25, 0.3) is 6.08 Å². The third-order valence-corrected chi connectivity index (χ3v) is 3.75. The molecule has 2 rings (SSSR count). The predicted molar refractivity (Wildman–Crippen MR) is 98.3 cm³/mol. The number of ether oxygens (including phenoxy) is 1. The van der Waals surface area contributed by atoms with Crippen molar-refractivity contribution in [2.45, 2.75) is 19.7 Å². The summed E-state index contributed by atoms with van der Waals surface area (Å²) in [4.78, 5) is 32.6. The molecule has 0 bridgehead atoms. The first-order valence-electron chi connectivity index (χ1n) is 8.28. The van der Waals surface area contributed by atoms with Gasteiger partial charge in [0, 0.05) is 18.6 Å². The zero-order valence-corrected chi connectivity index (χ0v) is 15.4. The van der Waals surface area contributed by atoms with E-state index in [0.29, 0.717) is 12.1 Å². The molecular weight excluding hydrogens is 409 g/mol. The number of aliphatic carboxylic acids is 1. The monoisotopic (exact) mass is 424 g/mol. The molecule has 8 nitrogen and oxygen atoms in total. The summed E-state index contributed by atoms with van der Waals surface area (Å²) in [6, 6.07) is 8.09. The minimum Gasteiger partial charge on any atom is -0.488 e. The summed E-state index contributed by atoms with van der Waals surface area (Å²) in [6.45, 7) is 0.685. The minimum atomic E-state index is -4.74. The van der Waals surface area contributed by atoms with E-state index in [1.54, 1.807) is 12.1 Å². The molecule has 2 aromatic carbocycles. The number of hydrogen-bond donors (Lipinski definition) is 2. The molecule has 0 heterocycles. The molecule has 0 unspecified atom stereocenters. The smallest absolute Gasteiger partial charge is 0.416 e. The van der Waals surface area contributed by atoms with Crippen LogP contribution in [-0.2, 0) is 22.4 Å². The van der Waals surface area contributed by atoms with Crippen molar-refractivity contribution in [3.63, 3.8) is 0 Å². The fraction of sp³-hybridized carbons (Fsp3) is 0.158. The van der Waals surface area contributed by atoms with Crippen LogP contribution in [0.15, 0.2) is 48.2 Å². The standard InChI is InChI=1S/C19H15F3N2O6/c1-11(25)23-15(18(26)27)8-12-4-2-3-5-17(12)30-10-13-6-7-14(19(20,21)22)9-16(13)24(28)29/h2-9H,10H2,1H3,(H,23,25)(H,26,27)/b15-8+. The average molecular weight is 424 g/mol. The maximum atomic E-state index is 12.8. The summed E-state index contributed by atoms with van der Waals surface area (Å²) in [7, 11) is 0. The molecule has 158 valence electrons.